The molecule has 2 amide bonds. The number of carbonyl (C=O) groups is 2. The average Bonchev–Trinajstić information content (AvgIpc) is 2.82. The molecule has 0 saturated heterocycles. The van der Waals surface area contributed by atoms with Crippen LogP contribution in [0.4, 0.5) is 5.69 Å². The molecule has 0 heterocycles. The van der Waals surface area contributed by atoms with Gasteiger partial charge in [-0.05, 0) is 49.9 Å². The van der Waals surface area contributed by atoms with Crippen LogP contribution in [0.2, 0.25) is 5.02 Å². The average molecular weight is 520 g/mol. The first kappa shape index (κ1) is 27.0. The Morgan fingerprint density at radius 1 is 1.06 bits per heavy atom. The van der Waals surface area contributed by atoms with Crippen LogP contribution in [0.25, 0.3) is 0 Å². The zero-order valence-electron chi connectivity index (χ0n) is 20.5. The SMILES string of the molecule is Cc1ccccc1CN(C(=O)CN(c1ccccc1Cl)S(C)(=O)=O)[C@@H](C)C(=O)NC1CCCCC1. The summed E-state index contributed by atoms with van der Waals surface area (Å²) < 4.78 is 26.3. The first-order chi connectivity index (χ1) is 16.6. The molecule has 35 heavy (non-hydrogen) atoms. The predicted octanol–water partition coefficient (Wildman–Crippen LogP) is 4.28. The second-order valence-corrected chi connectivity index (χ2v) is 11.5. The van der Waals surface area contributed by atoms with E-state index in [1.807, 2.05) is 31.2 Å². The lowest BCUT2D eigenvalue weighted by Crippen LogP contribution is -2.53. The van der Waals surface area contributed by atoms with Crippen molar-refractivity contribution >= 4 is 39.1 Å². The molecule has 0 radical (unpaired) electrons. The lowest BCUT2D eigenvalue weighted by Gasteiger charge is -2.33. The monoisotopic (exact) mass is 519 g/mol. The molecule has 1 aliphatic carbocycles. The van der Waals surface area contributed by atoms with E-state index in [9.17, 15) is 18.0 Å². The molecule has 7 nitrogen and oxygen atoms in total. The normalized spacial score (nSPS) is 15.3. The Kier molecular flexibility index (Phi) is 9.19. The minimum Gasteiger partial charge on any atom is -0.352 e. The third-order valence-corrected chi connectivity index (χ3v) is 7.97. The van der Waals surface area contributed by atoms with Crippen molar-refractivity contribution in [1.29, 1.82) is 0 Å². The summed E-state index contributed by atoms with van der Waals surface area (Å²) in [6.07, 6.45) is 6.22. The number of para-hydroxylation sites is 1. The smallest absolute Gasteiger partial charge is 0.244 e. The maximum Gasteiger partial charge on any atom is 0.244 e. The molecule has 0 spiro atoms. The number of hydrogen-bond donors (Lipinski definition) is 1. The molecule has 1 atom stereocenters. The fourth-order valence-corrected chi connectivity index (χ4v) is 5.52. The number of anilines is 1. The van der Waals surface area contributed by atoms with Gasteiger partial charge in [0.1, 0.15) is 12.6 Å². The quantitative estimate of drug-likeness (QED) is 0.535. The van der Waals surface area contributed by atoms with Gasteiger partial charge in [-0.15, -0.1) is 0 Å². The van der Waals surface area contributed by atoms with Crippen molar-refractivity contribution in [3.8, 4) is 0 Å². The summed E-state index contributed by atoms with van der Waals surface area (Å²) in [5.74, 6) is -0.715. The molecule has 190 valence electrons. The Hall–Kier alpha value is -2.58. The van der Waals surface area contributed by atoms with Crippen LogP contribution < -0.4 is 9.62 Å². The molecule has 9 heteroatoms. The standard InChI is InChI=1S/C26H34ClN3O4S/c1-19-11-7-8-12-21(19)17-29(20(2)26(32)28-22-13-5-4-6-14-22)25(31)18-30(35(3,33)34)24-16-10-9-15-23(24)27/h7-12,15-16,20,22H,4-6,13-14,17-18H2,1-3H3,(H,28,32)/t20-/m0/s1. The van der Waals surface area contributed by atoms with Gasteiger partial charge in [-0.3, -0.25) is 13.9 Å². The Bertz CT molecular complexity index is 1150. The highest BCUT2D eigenvalue weighted by Crippen LogP contribution is 2.27. The van der Waals surface area contributed by atoms with E-state index in [1.54, 1.807) is 31.2 Å². The van der Waals surface area contributed by atoms with Gasteiger partial charge in [0.15, 0.2) is 0 Å². The Balaban J connectivity index is 1.89. The van der Waals surface area contributed by atoms with Crippen LogP contribution in [0.3, 0.4) is 0 Å². The van der Waals surface area contributed by atoms with Crippen LogP contribution in [-0.2, 0) is 26.2 Å². The van der Waals surface area contributed by atoms with Crippen molar-refractivity contribution in [3.05, 3.63) is 64.7 Å². The van der Waals surface area contributed by atoms with Crippen LogP contribution in [0.1, 0.15) is 50.2 Å². The highest BCUT2D eigenvalue weighted by Gasteiger charge is 2.31. The van der Waals surface area contributed by atoms with E-state index in [1.165, 1.54) is 11.3 Å². The van der Waals surface area contributed by atoms with E-state index < -0.39 is 28.5 Å². The van der Waals surface area contributed by atoms with Gasteiger partial charge < -0.3 is 10.2 Å². The first-order valence-corrected chi connectivity index (χ1v) is 14.2. The fourth-order valence-electron chi connectivity index (χ4n) is 4.37. The molecule has 0 aliphatic heterocycles. The number of rotatable bonds is 9. The van der Waals surface area contributed by atoms with Crippen molar-refractivity contribution in [3.63, 3.8) is 0 Å². The lowest BCUT2D eigenvalue weighted by atomic mass is 9.95. The Morgan fingerprint density at radius 3 is 2.31 bits per heavy atom. The minimum atomic E-state index is -3.82. The number of amides is 2. The van der Waals surface area contributed by atoms with Gasteiger partial charge in [0.05, 0.1) is 17.0 Å². The number of sulfonamides is 1. The van der Waals surface area contributed by atoms with Crippen LogP contribution in [-0.4, -0.2) is 50.0 Å². The minimum absolute atomic E-state index is 0.102. The van der Waals surface area contributed by atoms with Crippen LogP contribution >= 0.6 is 11.6 Å². The summed E-state index contributed by atoms with van der Waals surface area (Å²) in [4.78, 5) is 28.3. The number of benzene rings is 2. The molecule has 1 N–H and O–H groups in total. The first-order valence-electron chi connectivity index (χ1n) is 11.9. The zero-order chi connectivity index (χ0) is 25.6. The van der Waals surface area contributed by atoms with Gasteiger partial charge in [0.25, 0.3) is 0 Å². The number of nitrogens with one attached hydrogen (secondary N) is 1. The summed E-state index contributed by atoms with van der Waals surface area (Å²) in [6, 6.07) is 13.4. The highest BCUT2D eigenvalue weighted by atomic mass is 35.5. The predicted molar refractivity (Wildman–Crippen MR) is 140 cm³/mol. The second kappa shape index (κ2) is 11.9. The number of nitrogens with zero attached hydrogens (tertiary/aromatic N) is 2. The topological polar surface area (TPSA) is 86.8 Å². The van der Waals surface area contributed by atoms with E-state index in [0.29, 0.717) is 0 Å². The van der Waals surface area contributed by atoms with Gasteiger partial charge in [0, 0.05) is 12.6 Å². The highest BCUT2D eigenvalue weighted by molar-refractivity contribution is 7.92. The van der Waals surface area contributed by atoms with Crippen molar-refractivity contribution in [2.45, 2.75) is 64.6 Å². The molecular weight excluding hydrogens is 486 g/mol. The number of carbonyl (C=O) groups excluding carboxylic acids is 2. The maximum absolute atomic E-state index is 13.6. The molecule has 0 unspecified atom stereocenters. The van der Waals surface area contributed by atoms with E-state index >= 15 is 0 Å². The van der Waals surface area contributed by atoms with Crippen molar-refractivity contribution in [2.24, 2.45) is 0 Å². The van der Waals surface area contributed by atoms with Crippen molar-refractivity contribution < 1.29 is 18.0 Å². The van der Waals surface area contributed by atoms with Gasteiger partial charge in [-0.2, -0.15) is 0 Å². The summed E-state index contributed by atoms with van der Waals surface area (Å²) >= 11 is 6.26. The van der Waals surface area contributed by atoms with Crippen LogP contribution in [0, 0.1) is 6.92 Å². The van der Waals surface area contributed by atoms with E-state index in [0.717, 1.165) is 47.4 Å². The summed E-state index contributed by atoms with van der Waals surface area (Å²) in [7, 11) is -3.82. The number of aryl methyl sites for hydroxylation is 1. The molecule has 3 rings (SSSR count). The largest absolute Gasteiger partial charge is 0.352 e. The van der Waals surface area contributed by atoms with Crippen LogP contribution in [0.5, 0.6) is 0 Å². The third kappa shape index (κ3) is 7.21. The van der Waals surface area contributed by atoms with Crippen LogP contribution in [0.15, 0.2) is 48.5 Å². The molecule has 1 saturated carbocycles. The number of halogens is 1. The summed E-state index contributed by atoms with van der Waals surface area (Å²) in [5.41, 5.74) is 2.10. The van der Waals surface area contributed by atoms with Gasteiger partial charge in [-0.1, -0.05) is 67.3 Å². The second-order valence-electron chi connectivity index (χ2n) is 9.19. The molecule has 0 aromatic heterocycles. The molecule has 2 aromatic rings. The summed E-state index contributed by atoms with van der Waals surface area (Å²) in [5, 5.41) is 3.31. The molecule has 1 aliphatic rings. The maximum atomic E-state index is 13.6. The molecule has 1 fully saturated rings. The Morgan fingerprint density at radius 2 is 1.69 bits per heavy atom. The lowest BCUT2D eigenvalue weighted by molar-refractivity contribution is -0.139. The van der Waals surface area contributed by atoms with Gasteiger partial charge >= 0.3 is 0 Å². The zero-order valence-corrected chi connectivity index (χ0v) is 22.1. The van der Waals surface area contributed by atoms with E-state index in [2.05, 4.69) is 5.32 Å². The van der Waals surface area contributed by atoms with E-state index in [-0.39, 0.29) is 29.2 Å². The summed E-state index contributed by atoms with van der Waals surface area (Å²) in [6.45, 7) is 3.35. The Labute approximate surface area is 213 Å². The van der Waals surface area contributed by atoms with E-state index in [4.69, 9.17) is 11.6 Å². The van der Waals surface area contributed by atoms with Gasteiger partial charge in [0.2, 0.25) is 21.8 Å². The molecule has 2 aromatic carbocycles. The van der Waals surface area contributed by atoms with Crippen molar-refractivity contribution in [1.82, 2.24) is 10.2 Å². The fraction of sp³-hybridized carbons (Fsp3) is 0.462. The molecule has 0 bridgehead atoms. The van der Waals surface area contributed by atoms with Gasteiger partial charge in [-0.25, -0.2) is 8.42 Å². The molecular formula is C26H34ClN3O4S. The number of hydrogen-bond acceptors (Lipinski definition) is 4. The third-order valence-electron chi connectivity index (χ3n) is 6.52. The van der Waals surface area contributed by atoms with Crippen molar-refractivity contribution in [2.75, 3.05) is 17.1 Å².